The highest BCUT2D eigenvalue weighted by atomic mass is 127. The van der Waals surface area contributed by atoms with Crippen molar-refractivity contribution in [2.45, 2.75) is 12.5 Å². The Morgan fingerprint density at radius 3 is 3.00 bits per heavy atom. The molecule has 1 aromatic heterocycles. The fourth-order valence-electron chi connectivity index (χ4n) is 1.15. The zero-order valence-electron chi connectivity index (χ0n) is 8.83. The third kappa shape index (κ3) is 4.56. The summed E-state index contributed by atoms with van der Waals surface area (Å²) in [5, 5.41) is 13.1. The highest BCUT2D eigenvalue weighted by Gasteiger charge is 2.19. The third-order valence-electron chi connectivity index (χ3n) is 1.85. The number of rotatable bonds is 5. The topological polar surface area (TPSA) is 45.1 Å². The number of pyridine rings is 1. The Labute approximate surface area is 108 Å². The molecule has 0 fully saturated rings. The summed E-state index contributed by atoms with van der Waals surface area (Å²) >= 11 is 3.86. The summed E-state index contributed by atoms with van der Waals surface area (Å²) < 4.78 is 1.06. The van der Waals surface area contributed by atoms with Crippen molar-refractivity contribution in [2.24, 2.45) is 0 Å². The second-order valence-corrected chi connectivity index (χ2v) is 5.65. The molecule has 0 radical (unpaired) electrons. The van der Waals surface area contributed by atoms with Crippen LogP contribution in [0.3, 0.4) is 0 Å². The van der Waals surface area contributed by atoms with E-state index in [4.69, 9.17) is 0 Å². The van der Waals surface area contributed by atoms with E-state index in [0.717, 1.165) is 9.39 Å². The van der Waals surface area contributed by atoms with Crippen molar-refractivity contribution in [1.29, 1.82) is 0 Å². The molecule has 1 heterocycles. The SMILES string of the molecule is CSC[C@](C)(O)CNc1ncccc1I. The molecule has 0 bridgehead atoms. The average Bonchev–Trinajstić information content (AvgIpc) is 2.16. The van der Waals surface area contributed by atoms with E-state index in [1.165, 1.54) is 0 Å². The van der Waals surface area contributed by atoms with Gasteiger partial charge >= 0.3 is 0 Å². The molecule has 0 aromatic carbocycles. The molecule has 0 aliphatic rings. The molecule has 0 aliphatic heterocycles. The summed E-state index contributed by atoms with van der Waals surface area (Å²) in [7, 11) is 0. The molecule has 0 spiro atoms. The van der Waals surface area contributed by atoms with Gasteiger partial charge < -0.3 is 10.4 Å². The quantitative estimate of drug-likeness (QED) is 0.808. The van der Waals surface area contributed by atoms with Crippen LogP contribution in [0.4, 0.5) is 5.82 Å². The summed E-state index contributed by atoms with van der Waals surface area (Å²) in [5.41, 5.74) is -0.694. The van der Waals surface area contributed by atoms with Crippen molar-refractivity contribution in [3.63, 3.8) is 0 Å². The van der Waals surface area contributed by atoms with Crippen LogP contribution in [-0.2, 0) is 0 Å². The maximum atomic E-state index is 9.95. The highest BCUT2D eigenvalue weighted by molar-refractivity contribution is 14.1. The Hall–Kier alpha value is -0.0100. The largest absolute Gasteiger partial charge is 0.387 e. The summed E-state index contributed by atoms with van der Waals surface area (Å²) in [4.78, 5) is 4.20. The van der Waals surface area contributed by atoms with Gasteiger partial charge in [0.25, 0.3) is 0 Å². The van der Waals surface area contributed by atoms with E-state index < -0.39 is 5.60 Å². The van der Waals surface area contributed by atoms with E-state index in [9.17, 15) is 5.11 Å². The van der Waals surface area contributed by atoms with Crippen molar-refractivity contribution in [3.05, 3.63) is 21.9 Å². The van der Waals surface area contributed by atoms with E-state index in [-0.39, 0.29) is 0 Å². The van der Waals surface area contributed by atoms with Gasteiger partial charge in [-0.1, -0.05) is 0 Å². The lowest BCUT2D eigenvalue weighted by atomic mass is 10.1. The maximum Gasteiger partial charge on any atom is 0.139 e. The van der Waals surface area contributed by atoms with Crippen molar-refractivity contribution in [1.82, 2.24) is 4.98 Å². The smallest absolute Gasteiger partial charge is 0.139 e. The van der Waals surface area contributed by atoms with Gasteiger partial charge in [0, 0.05) is 18.5 Å². The Morgan fingerprint density at radius 2 is 2.40 bits per heavy atom. The predicted octanol–water partition coefficient (Wildman–Crippen LogP) is 2.21. The normalized spacial score (nSPS) is 14.7. The van der Waals surface area contributed by atoms with Gasteiger partial charge in [0.15, 0.2) is 0 Å². The van der Waals surface area contributed by atoms with Gasteiger partial charge in [0.2, 0.25) is 0 Å². The second-order valence-electron chi connectivity index (χ2n) is 3.62. The first-order chi connectivity index (χ1) is 7.05. The van der Waals surface area contributed by atoms with Gasteiger partial charge in [-0.3, -0.25) is 0 Å². The number of hydrogen-bond donors (Lipinski definition) is 2. The molecular formula is C10H15IN2OS. The molecule has 84 valence electrons. The predicted molar refractivity (Wildman–Crippen MR) is 74.4 cm³/mol. The molecule has 3 nitrogen and oxygen atoms in total. The third-order valence-corrected chi connectivity index (χ3v) is 3.63. The maximum absolute atomic E-state index is 9.95. The molecule has 15 heavy (non-hydrogen) atoms. The van der Waals surface area contributed by atoms with Crippen LogP contribution in [0, 0.1) is 3.57 Å². The standard InChI is InChI=1S/C10H15IN2OS/c1-10(14,7-15-2)6-13-9-8(11)4-3-5-12-9/h3-5,14H,6-7H2,1-2H3,(H,12,13)/t10-/m1/s1. The number of aromatic nitrogens is 1. The van der Waals surface area contributed by atoms with Crippen molar-refractivity contribution < 1.29 is 5.11 Å². The fraction of sp³-hybridized carbons (Fsp3) is 0.500. The Bertz CT molecular complexity index is 320. The van der Waals surface area contributed by atoms with E-state index >= 15 is 0 Å². The number of nitrogens with one attached hydrogen (secondary N) is 1. The number of hydrogen-bond acceptors (Lipinski definition) is 4. The van der Waals surface area contributed by atoms with E-state index in [1.54, 1.807) is 18.0 Å². The number of halogens is 1. The first-order valence-electron chi connectivity index (χ1n) is 4.61. The zero-order chi connectivity index (χ0) is 11.3. The lowest BCUT2D eigenvalue weighted by Crippen LogP contribution is -2.36. The lowest BCUT2D eigenvalue weighted by Gasteiger charge is -2.23. The number of nitrogens with zero attached hydrogens (tertiary/aromatic N) is 1. The zero-order valence-corrected chi connectivity index (χ0v) is 11.8. The van der Waals surface area contributed by atoms with Crippen molar-refractivity contribution in [2.75, 3.05) is 23.9 Å². The van der Waals surface area contributed by atoms with Gasteiger partial charge in [-0.2, -0.15) is 11.8 Å². The molecule has 2 N–H and O–H groups in total. The lowest BCUT2D eigenvalue weighted by molar-refractivity contribution is 0.0996. The molecule has 0 amide bonds. The summed E-state index contributed by atoms with van der Waals surface area (Å²) in [5.74, 6) is 1.54. The molecule has 5 heteroatoms. The monoisotopic (exact) mass is 338 g/mol. The van der Waals surface area contributed by atoms with Crippen LogP contribution >= 0.6 is 34.4 Å². The van der Waals surface area contributed by atoms with Crippen LogP contribution < -0.4 is 5.32 Å². The summed E-state index contributed by atoms with van der Waals surface area (Å²) in [6, 6.07) is 3.88. The molecule has 1 atom stereocenters. The molecule has 0 unspecified atom stereocenters. The van der Waals surface area contributed by atoms with Gasteiger partial charge in [-0.05, 0) is 47.9 Å². The molecule has 0 saturated heterocycles. The van der Waals surface area contributed by atoms with Crippen molar-refractivity contribution in [3.8, 4) is 0 Å². The first kappa shape index (κ1) is 13.1. The highest BCUT2D eigenvalue weighted by Crippen LogP contribution is 2.16. The van der Waals surface area contributed by atoms with Gasteiger partial charge in [0.05, 0.1) is 9.17 Å². The first-order valence-corrected chi connectivity index (χ1v) is 7.08. The second kappa shape index (κ2) is 5.91. The van der Waals surface area contributed by atoms with Crippen LogP contribution in [0.2, 0.25) is 0 Å². The average molecular weight is 338 g/mol. The Balaban J connectivity index is 2.53. The minimum atomic E-state index is -0.694. The molecule has 1 rings (SSSR count). The van der Waals surface area contributed by atoms with Gasteiger partial charge in [0.1, 0.15) is 5.82 Å². The number of anilines is 1. The van der Waals surface area contributed by atoms with Crippen LogP contribution in [0.1, 0.15) is 6.92 Å². The minimum absolute atomic E-state index is 0.515. The van der Waals surface area contributed by atoms with Crippen LogP contribution in [-0.4, -0.2) is 34.2 Å². The van der Waals surface area contributed by atoms with Crippen LogP contribution in [0.25, 0.3) is 0 Å². The summed E-state index contributed by atoms with van der Waals surface area (Å²) in [6.07, 6.45) is 3.73. The minimum Gasteiger partial charge on any atom is -0.387 e. The van der Waals surface area contributed by atoms with Gasteiger partial charge in [-0.25, -0.2) is 4.98 Å². The van der Waals surface area contributed by atoms with Crippen molar-refractivity contribution >= 4 is 40.2 Å². The van der Waals surface area contributed by atoms with E-state index in [2.05, 4.69) is 32.9 Å². The number of aliphatic hydroxyl groups is 1. The molecule has 0 saturated carbocycles. The van der Waals surface area contributed by atoms with E-state index in [1.807, 2.05) is 25.3 Å². The number of thioether (sulfide) groups is 1. The van der Waals surface area contributed by atoms with Gasteiger partial charge in [-0.15, -0.1) is 0 Å². The molecular weight excluding hydrogens is 323 g/mol. The summed E-state index contributed by atoms with van der Waals surface area (Å²) in [6.45, 7) is 2.34. The Kier molecular flexibility index (Phi) is 5.14. The molecule has 0 aliphatic carbocycles. The Morgan fingerprint density at radius 1 is 1.67 bits per heavy atom. The van der Waals surface area contributed by atoms with E-state index in [0.29, 0.717) is 12.3 Å². The fourth-order valence-corrected chi connectivity index (χ4v) is 2.41. The van der Waals surface area contributed by atoms with Crippen LogP contribution in [0.15, 0.2) is 18.3 Å². The molecule has 1 aromatic rings. The van der Waals surface area contributed by atoms with Crippen LogP contribution in [0.5, 0.6) is 0 Å².